The van der Waals surface area contributed by atoms with Crippen molar-refractivity contribution in [2.24, 2.45) is 0 Å². The molecular weight excluding hydrogens is 378 g/mol. The van der Waals surface area contributed by atoms with Crippen LogP contribution in [0.2, 0.25) is 0 Å². The number of aromatic nitrogens is 2. The number of rotatable bonds is 4. The molecule has 2 aliphatic rings. The fraction of sp³-hybridized carbons (Fsp3) is 0.650. The highest BCUT2D eigenvalue weighted by Gasteiger charge is 2.26. The molecule has 0 spiro atoms. The van der Waals surface area contributed by atoms with Gasteiger partial charge in [0.15, 0.2) is 5.16 Å². The average Bonchev–Trinajstić information content (AvgIpc) is 3.29. The predicted octanol–water partition coefficient (Wildman–Crippen LogP) is 4.29. The Balaban J connectivity index is 1.66. The molecule has 1 aliphatic heterocycles. The lowest BCUT2D eigenvalue weighted by atomic mass is 10.1. The Morgan fingerprint density at radius 2 is 1.85 bits per heavy atom. The molecule has 0 bridgehead atoms. The largest absolute Gasteiger partial charge is 0.342 e. The van der Waals surface area contributed by atoms with E-state index in [0.717, 1.165) is 77.4 Å². The van der Waals surface area contributed by atoms with Crippen LogP contribution in [-0.2, 0) is 4.79 Å². The summed E-state index contributed by atoms with van der Waals surface area (Å²) in [5, 5.41) is 1.50. The molecule has 7 heteroatoms. The topological polar surface area (TPSA) is 55.2 Å². The molecule has 0 atom stereocenters. The van der Waals surface area contributed by atoms with Gasteiger partial charge in [0.1, 0.15) is 4.83 Å². The summed E-state index contributed by atoms with van der Waals surface area (Å²) >= 11 is 3.03. The lowest BCUT2D eigenvalue weighted by Crippen LogP contribution is -2.37. The summed E-state index contributed by atoms with van der Waals surface area (Å²) in [6, 6.07) is 0.224. The molecule has 2 aromatic heterocycles. The van der Waals surface area contributed by atoms with Gasteiger partial charge in [-0.25, -0.2) is 4.98 Å². The molecule has 27 heavy (non-hydrogen) atoms. The number of nitrogens with zero attached hydrogens (tertiary/aromatic N) is 3. The van der Waals surface area contributed by atoms with Crippen molar-refractivity contribution in [3.8, 4) is 0 Å². The minimum absolute atomic E-state index is 0.0849. The number of amides is 1. The van der Waals surface area contributed by atoms with Crippen LogP contribution in [-0.4, -0.2) is 39.2 Å². The summed E-state index contributed by atoms with van der Waals surface area (Å²) in [5.74, 6) is 0.541. The lowest BCUT2D eigenvalue weighted by Gasteiger charge is -2.26. The molecule has 146 valence electrons. The first-order valence-corrected chi connectivity index (χ1v) is 11.8. The van der Waals surface area contributed by atoms with Crippen LogP contribution >= 0.6 is 23.1 Å². The standard InChI is InChI=1S/C20H27N3O2S2/c1-13-14(2)27-18-17(13)19(25)23(15-8-4-5-9-15)20(21-18)26-12-16(24)22-10-6-3-7-11-22/h15H,3-12H2,1-2H3. The molecule has 0 aromatic carbocycles. The van der Waals surface area contributed by atoms with Crippen molar-refractivity contribution in [3.63, 3.8) is 0 Å². The zero-order valence-corrected chi connectivity index (χ0v) is 17.8. The third kappa shape index (κ3) is 3.68. The Hall–Kier alpha value is -1.34. The van der Waals surface area contributed by atoms with Gasteiger partial charge in [-0.1, -0.05) is 24.6 Å². The minimum atomic E-state index is 0.0849. The van der Waals surface area contributed by atoms with Crippen LogP contribution in [0.3, 0.4) is 0 Å². The summed E-state index contributed by atoms with van der Waals surface area (Å²) < 4.78 is 1.91. The van der Waals surface area contributed by atoms with Crippen molar-refractivity contribution < 1.29 is 4.79 Å². The number of thioether (sulfide) groups is 1. The van der Waals surface area contributed by atoms with Gasteiger partial charge in [-0.3, -0.25) is 14.2 Å². The number of hydrogen-bond donors (Lipinski definition) is 0. The minimum Gasteiger partial charge on any atom is -0.342 e. The monoisotopic (exact) mass is 405 g/mol. The van der Waals surface area contributed by atoms with Crippen LogP contribution in [0.1, 0.15) is 61.4 Å². The molecule has 1 amide bonds. The van der Waals surface area contributed by atoms with E-state index in [2.05, 4.69) is 0 Å². The molecule has 0 N–H and O–H groups in total. The molecule has 4 rings (SSSR count). The van der Waals surface area contributed by atoms with E-state index in [1.165, 1.54) is 18.2 Å². The molecule has 0 radical (unpaired) electrons. The number of fused-ring (bicyclic) bond motifs is 1. The Kier molecular flexibility index (Phi) is 5.60. The zero-order valence-electron chi connectivity index (χ0n) is 16.1. The van der Waals surface area contributed by atoms with Crippen LogP contribution in [0.4, 0.5) is 0 Å². The molecule has 5 nitrogen and oxygen atoms in total. The molecule has 2 fully saturated rings. The van der Waals surface area contributed by atoms with Gasteiger partial charge in [0.2, 0.25) is 5.91 Å². The molecule has 1 saturated heterocycles. The third-order valence-corrected chi connectivity index (χ3v) is 7.96. The second kappa shape index (κ2) is 7.95. The van der Waals surface area contributed by atoms with Crippen molar-refractivity contribution >= 4 is 39.2 Å². The second-order valence-electron chi connectivity index (χ2n) is 7.70. The summed E-state index contributed by atoms with van der Waals surface area (Å²) in [7, 11) is 0. The number of thiophene rings is 1. The van der Waals surface area contributed by atoms with Crippen molar-refractivity contribution in [3.05, 3.63) is 20.8 Å². The molecule has 0 unspecified atom stereocenters. The van der Waals surface area contributed by atoms with E-state index in [4.69, 9.17) is 4.98 Å². The summed E-state index contributed by atoms with van der Waals surface area (Å²) in [5.41, 5.74) is 1.14. The fourth-order valence-electron chi connectivity index (χ4n) is 4.23. The molecule has 1 saturated carbocycles. The SMILES string of the molecule is Cc1sc2nc(SCC(=O)N3CCCCC3)n(C3CCCC3)c(=O)c2c1C. The predicted molar refractivity (Wildman–Crippen MR) is 112 cm³/mol. The van der Waals surface area contributed by atoms with Gasteiger partial charge >= 0.3 is 0 Å². The first kappa shape index (κ1) is 19.0. The van der Waals surface area contributed by atoms with Crippen molar-refractivity contribution in [1.82, 2.24) is 14.5 Å². The van der Waals surface area contributed by atoms with Gasteiger partial charge in [-0.15, -0.1) is 11.3 Å². The van der Waals surface area contributed by atoms with Crippen LogP contribution in [0.5, 0.6) is 0 Å². The Morgan fingerprint density at radius 3 is 2.56 bits per heavy atom. The quantitative estimate of drug-likeness (QED) is 0.562. The van der Waals surface area contributed by atoms with Crippen LogP contribution in [0.15, 0.2) is 9.95 Å². The maximum Gasteiger partial charge on any atom is 0.263 e. The molecule has 2 aromatic rings. The number of carbonyl (C=O) groups excluding carboxylic acids is 1. The lowest BCUT2D eigenvalue weighted by molar-refractivity contribution is -0.129. The van der Waals surface area contributed by atoms with Crippen LogP contribution in [0, 0.1) is 13.8 Å². The maximum absolute atomic E-state index is 13.3. The van der Waals surface area contributed by atoms with Crippen molar-refractivity contribution in [2.75, 3.05) is 18.8 Å². The third-order valence-electron chi connectivity index (χ3n) is 5.93. The van der Waals surface area contributed by atoms with Crippen molar-refractivity contribution in [2.45, 2.75) is 70.0 Å². The van der Waals surface area contributed by atoms with E-state index >= 15 is 0 Å². The van der Waals surface area contributed by atoms with E-state index < -0.39 is 0 Å². The van der Waals surface area contributed by atoms with Gasteiger partial charge < -0.3 is 4.90 Å². The van der Waals surface area contributed by atoms with E-state index in [0.29, 0.717) is 5.75 Å². The number of aryl methyl sites for hydroxylation is 2. The molecule has 1 aliphatic carbocycles. The van der Waals surface area contributed by atoms with E-state index in [-0.39, 0.29) is 17.5 Å². The molecular formula is C20H27N3O2S2. The Morgan fingerprint density at radius 1 is 1.15 bits per heavy atom. The zero-order chi connectivity index (χ0) is 19.0. The average molecular weight is 406 g/mol. The molecule has 3 heterocycles. The van der Waals surface area contributed by atoms with Crippen LogP contribution in [0.25, 0.3) is 10.2 Å². The Bertz CT molecular complexity index is 906. The first-order chi connectivity index (χ1) is 13.1. The van der Waals surface area contributed by atoms with Crippen LogP contribution < -0.4 is 5.56 Å². The highest BCUT2D eigenvalue weighted by Crippen LogP contribution is 2.34. The summed E-state index contributed by atoms with van der Waals surface area (Å²) in [6.07, 6.45) is 7.79. The Labute approximate surface area is 168 Å². The van der Waals surface area contributed by atoms with E-state index in [9.17, 15) is 9.59 Å². The van der Waals surface area contributed by atoms with Crippen molar-refractivity contribution in [1.29, 1.82) is 0 Å². The maximum atomic E-state index is 13.3. The normalized spacial score (nSPS) is 18.5. The number of carbonyl (C=O) groups is 1. The van der Waals surface area contributed by atoms with Gasteiger partial charge in [-0.05, 0) is 51.5 Å². The van der Waals surface area contributed by atoms with Gasteiger partial charge in [0.05, 0.1) is 11.1 Å². The fourth-order valence-corrected chi connectivity index (χ4v) is 6.27. The number of hydrogen-bond acceptors (Lipinski definition) is 5. The van der Waals surface area contributed by atoms with E-state index in [1.807, 2.05) is 23.3 Å². The van der Waals surface area contributed by atoms with Gasteiger partial charge in [0.25, 0.3) is 5.56 Å². The second-order valence-corrected chi connectivity index (χ2v) is 9.85. The number of piperidine rings is 1. The highest BCUT2D eigenvalue weighted by molar-refractivity contribution is 7.99. The summed E-state index contributed by atoms with van der Waals surface area (Å²) in [6.45, 7) is 5.80. The number of likely N-dealkylation sites (tertiary alicyclic amines) is 1. The van der Waals surface area contributed by atoms with E-state index in [1.54, 1.807) is 11.3 Å². The summed E-state index contributed by atoms with van der Waals surface area (Å²) in [4.78, 5) is 34.7. The smallest absolute Gasteiger partial charge is 0.263 e. The highest BCUT2D eigenvalue weighted by atomic mass is 32.2. The van der Waals surface area contributed by atoms with Gasteiger partial charge in [-0.2, -0.15) is 0 Å². The first-order valence-electron chi connectivity index (χ1n) is 9.99. The van der Waals surface area contributed by atoms with Gasteiger partial charge in [0, 0.05) is 24.0 Å².